The lowest BCUT2D eigenvalue weighted by molar-refractivity contribution is -0.137. The Kier molecular flexibility index (Phi) is 6.33. The Morgan fingerprint density at radius 1 is 1.09 bits per heavy atom. The van der Waals surface area contributed by atoms with Crippen molar-refractivity contribution >= 4 is 34.8 Å². The lowest BCUT2D eigenvalue weighted by atomic mass is 10.1. The van der Waals surface area contributed by atoms with Gasteiger partial charge >= 0.3 is 6.18 Å². The van der Waals surface area contributed by atoms with Crippen LogP contribution in [-0.2, 0) is 15.8 Å². The number of carbonyl (C=O) groups is 3. The number of hydrogen-bond acceptors (Lipinski definition) is 4. The standard InChI is InChI=1S/C24H19F4N3O4/c1-13-4-6-16(11-18(13)25)31-12-14(9-21(31)32)22(33)30-19-7-5-15(10-17(19)24(26,27)28)29-23(34)20-3-2-8-35-20/h2-8,10-11,14H,9,12H2,1H3,(H,29,34)(H,30,33). The summed E-state index contributed by atoms with van der Waals surface area (Å²) < 4.78 is 59.9. The van der Waals surface area contributed by atoms with E-state index in [-0.39, 0.29) is 30.1 Å². The Morgan fingerprint density at radius 2 is 1.86 bits per heavy atom. The van der Waals surface area contributed by atoms with E-state index in [4.69, 9.17) is 4.42 Å². The van der Waals surface area contributed by atoms with E-state index in [2.05, 4.69) is 10.6 Å². The van der Waals surface area contributed by atoms with Gasteiger partial charge in [-0.2, -0.15) is 13.2 Å². The molecule has 1 unspecified atom stereocenters. The Balaban J connectivity index is 1.50. The van der Waals surface area contributed by atoms with E-state index < -0.39 is 46.9 Å². The highest BCUT2D eigenvalue weighted by Crippen LogP contribution is 2.37. The predicted octanol–water partition coefficient (Wildman–Crippen LogP) is 4.99. The third kappa shape index (κ3) is 5.18. The maximum absolute atomic E-state index is 13.9. The molecule has 1 aliphatic rings. The van der Waals surface area contributed by atoms with Crippen LogP contribution in [0.15, 0.2) is 59.2 Å². The van der Waals surface area contributed by atoms with Crippen LogP contribution in [0.2, 0.25) is 0 Å². The van der Waals surface area contributed by atoms with Gasteiger partial charge in [-0.25, -0.2) is 4.39 Å². The summed E-state index contributed by atoms with van der Waals surface area (Å²) in [5, 5.41) is 4.54. The summed E-state index contributed by atoms with van der Waals surface area (Å²) in [5.41, 5.74) is -1.20. The van der Waals surface area contributed by atoms with Crippen molar-refractivity contribution in [3.63, 3.8) is 0 Å². The summed E-state index contributed by atoms with van der Waals surface area (Å²) in [4.78, 5) is 38.4. The van der Waals surface area contributed by atoms with Gasteiger partial charge in [0.1, 0.15) is 5.82 Å². The predicted molar refractivity (Wildman–Crippen MR) is 118 cm³/mol. The molecule has 11 heteroatoms. The number of nitrogens with one attached hydrogen (secondary N) is 2. The van der Waals surface area contributed by atoms with Crippen LogP contribution in [0.25, 0.3) is 0 Å². The van der Waals surface area contributed by atoms with Crippen molar-refractivity contribution in [2.75, 3.05) is 22.1 Å². The van der Waals surface area contributed by atoms with Gasteiger partial charge in [-0.1, -0.05) is 6.07 Å². The van der Waals surface area contributed by atoms with Crippen LogP contribution in [0, 0.1) is 18.7 Å². The van der Waals surface area contributed by atoms with Gasteiger partial charge in [0, 0.05) is 24.3 Å². The second-order valence-electron chi connectivity index (χ2n) is 8.02. The Morgan fingerprint density at radius 3 is 2.51 bits per heavy atom. The molecule has 35 heavy (non-hydrogen) atoms. The number of halogens is 4. The summed E-state index contributed by atoms with van der Waals surface area (Å²) in [6.45, 7) is 1.46. The van der Waals surface area contributed by atoms with Gasteiger partial charge in [0.05, 0.1) is 23.4 Å². The van der Waals surface area contributed by atoms with Gasteiger partial charge in [-0.3, -0.25) is 14.4 Å². The molecule has 0 spiro atoms. The number of alkyl halides is 3. The lowest BCUT2D eigenvalue weighted by Crippen LogP contribution is -2.28. The van der Waals surface area contributed by atoms with Crippen LogP contribution >= 0.6 is 0 Å². The minimum absolute atomic E-state index is 0.0835. The zero-order valence-electron chi connectivity index (χ0n) is 18.3. The molecule has 1 aromatic heterocycles. The molecular weight excluding hydrogens is 470 g/mol. The quantitative estimate of drug-likeness (QED) is 0.494. The van der Waals surface area contributed by atoms with Gasteiger partial charge in [-0.05, 0) is 55.0 Å². The number of hydrogen-bond donors (Lipinski definition) is 2. The minimum atomic E-state index is -4.84. The monoisotopic (exact) mass is 489 g/mol. The molecule has 1 atom stereocenters. The molecule has 3 aromatic rings. The van der Waals surface area contributed by atoms with Crippen molar-refractivity contribution < 1.29 is 36.4 Å². The van der Waals surface area contributed by atoms with E-state index in [0.29, 0.717) is 11.6 Å². The summed E-state index contributed by atoms with van der Waals surface area (Å²) in [7, 11) is 0. The molecular formula is C24H19F4N3O4. The zero-order chi connectivity index (χ0) is 25.3. The summed E-state index contributed by atoms with van der Waals surface area (Å²) in [6, 6.07) is 9.92. The zero-order valence-corrected chi connectivity index (χ0v) is 18.3. The molecule has 0 aliphatic carbocycles. The third-order valence-corrected chi connectivity index (χ3v) is 5.55. The van der Waals surface area contributed by atoms with E-state index in [1.165, 1.54) is 47.6 Å². The highest BCUT2D eigenvalue weighted by molar-refractivity contribution is 6.04. The van der Waals surface area contributed by atoms with E-state index in [1.54, 1.807) is 6.92 Å². The van der Waals surface area contributed by atoms with Gasteiger partial charge < -0.3 is 20.0 Å². The first-order valence-corrected chi connectivity index (χ1v) is 10.5. The summed E-state index contributed by atoms with van der Waals surface area (Å²) in [5.74, 6) is -3.51. The van der Waals surface area contributed by atoms with E-state index in [0.717, 1.165) is 6.07 Å². The van der Waals surface area contributed by atoms with Crippen molar-refractivity contribution in [1.82, 2.24) is 0 Å². The topological polar surface area (TPSA) is 91.7 Å². The van der Waals surface area contributed by atoms with Crippen LogP contribution in [0.4, 0.5) is 34.6 Å². The number of furan rings is 1. The fourth-order valence-corrected chi connectivity index (χ4v) is 3.68. The van der Waals surface area contributed by atoms with Crippen molar-refractivity contribution in [2.45, 2.75) is 19.5 Å². The lowest BCUT2D eigenvalue weighted by Gasteiger charge is -2.19. The van der Waals surface area contributed by atoms with Crippen LogP contribution in [-0.4, -0.2) is 24.3 Å². The normalized spacial score (nSPS) is 15.9. The number of rotatable bonds is 5. The number of benzene rings is 2. The molecule has 7 nitrogen and oxygen atoms in total. The van der Waals surface area contributed by atoms with Crippen molar-refractivity contribution in [3.05, 3.63) is 77.5 Å². The van der Waals surface area contributed by atoms with E-state index >= 15 is 0 Å². The molecule has 0 radical (unpaired) electrons. The molecule has 182 valence electrons. The molecule has 2 heterocycles. The average Bonchev–Trinajstić information content (AvgIpc) is 3.46. The number of anilines is 3. The Bertz CT molecular complexity index is 1290. The van der Waals surface area contributed by atoms with Crippen LogP contribution in [0.5, 0.6) is 0 Å². The molecule has 0 saturated carbocycles. The molecule has 4 rings (SSSR count). The van der Waals surface area contributed by atoms with Crippen LogP contribution < -0.4 is 15.5 Å². The Labute approximate surface area is 196 Å². The summed E-state index contributed by atoms with van der Waals surface area (Å²) in [6.07, 6.45) is -3.83. The molecule has 1 fully saturated rings. The van der Waals surface area contributed by atoms with Gasteiger partial charge in [0.15, 0.2) is 5.76 Å². The van der Waals surface area contributed by atoms with Gasteiger partial charge in [0.2, 0.25) is 11.8 Å². The second kappa shape index (κ2) is 9.24. The van der Waals surface area contributed by atoms with E-state index in [9.17, 15) is 31.9 Å². The van der Waals surface area contributed by atoms with Crippen molar-refractivity contribution in [3.8, 4) is 0 Å². The molecule has 2 N–H and O–H groups in total. The maximum Gasteiger partial charge on any atom is 0.418 e. The van der Waals surface area contributed by atoms with E-state index in [1.807, 2.05) is 0 Å². The fraction of sp³-hybridized carbons (Fsp3) is 0.208. The fourth-order valence-electron chi connectivity index (χ4n) is 3.68. The molecule has 1 aliphatic heterocycles. The highest BCUT2D eigenvalue weighted by atomic mass is 19.4. The summed E-state index contributed by atoms with van der Waals surface area (Å²) >= 11 is 0. The smallest absolute Gasteiger partial charge is 0.418 e. The SMILES string of the molecule is Cc1ccc(N2CC(C(=O)Nc3ccc(NC(=O)c4ccco4)cc3C(F)(F)F)CC2=O)cc1F. The number of amides is 3. The maximum atomic E-state index is 13.9. The molecule has 2 aromatic carbocycles. The minimum Gasteiger partial charge on any atom is -0.459 e. The third-order valence-electron chi connectivity index (χ3n) is 5.55. The van der Waals surface area contributed by atoms with Crippen LogP contribution in [0.3, 0.4) is 0 Å². The van der Waals surface area contributed by atoms with Crippen LogP contribution in [0.1, 0.15) is 28.1 Å². The highest BCUT2D eigenvalue weighted by Gasteiger charge is 2.38. The average molecular weight is 489 g/mol. The van der Waals surface area contributed by atoms with Crippen molar-refractivity contribution in [2.24, 2.45) is 5.92 Å². The Hall–Kier alpha value is -4.15. The first-order chi connectivity index (χ1) is 16.5. The second-order valence-corrected chi connectivity index (χ2v) is 8.02. The first kappa shape index (κ1) is 24.0. The number of aryl methyl sites for hydroxylation is 1. The first-order valence-electron chi connectivity index (χ1n) is 10.5. The number of carbonyl (C=O) groups excluding carboxylic acids is 3. The van der Waals surface area contributed by atoms with Crippen molar-refractivity contribution in [1.29, 1.82) is 0 Å². The molecule has 0 bridgehead atoms. The number of nitrogens with zero attached hydrogens (tertiary/aromatic N) is 1. The molecule has 3 amide bonds. The largest absolute Gasteiger partial charge is 0.459 e. The molecule has 1 saturated heterocycles. The van der Waals surface area contributed by atoms with Gasteiger partial charge in [-0.15, -0.1) is 0 Å². The van der Waals surface area contributed by atoms with Gasteiger partial charge in [0.25, 0.3) is 5.91 Å².